The summed E-state index contributed by atoms with van der Waals surface area (Å²) in [5.41, 5.74) is 0.912. The first-order valence-electron chi connectivity index (χ1n) is 8.71. The average Bonchev–Trinajstić information content (AvgIpc) is 2.66. The number of ether oxygens (including phenoxy) is 2. The molecule has 0 aliphatic heterocycles. The quantitative estimate of drug-likeness (QED) is 0.353. The summed E-state index contributed by atoms with van der Waals surface area (Å²) in [6.45, 7) is 3.28. The average molecular weight is 461 g/mol. The molecule has 1 unspecified atom stereocenters. The van der Waals surface area contributed by atoms with Crippen LogP contribution in [0.5, 0.6) is 11.5 Å². The topological polar surface area (TPSA) is 76.1 Å². The maximum atomic E-state index is 11.6. The van der Waals surface area contributed by atoms with Gasteiger partial charge in [-0.3, -0.25) is 9.21 Å². The number of carbonyl (C=O) groups excluding carboxylic acids is 2. The summed E-state index contributed by atoms with van der Waals surface area (Å²) < 4.78 is 11.1. The van der Waals surface area contributed by atoms with Crippen molar-refractivity contribution in [3.8, 4) is 11.5 Å². The van der Waals surface area contributed by atoms with Crippen LogP contribution in [0.1, 0.15) is 30.5 Å². The first-order valence-corrected chi connectivity index (χ1v) is 9.87. The maximum Gasteiger partial charge on any atom is 0.363 e. The second kappa shape index (κ2) is 10.6. The normalized spacial score (nSPS) is 11.6. The molecule has 1 amide bonds. The smallest absolute Gasteiger partial charge is 0.363 e. The van der Waals surface area contributed by atoms with Crippen molar-refractivity contribution in [2.75, 3.05) is 6.61 Å². The molecule has 0 saturated carbocycles. The van der Waals surface area contributed by atoms with Crippen LogP contribution in [0.4, 0.5) is 0 Å². The van der Waals surface area contributed by atoms with Crippen molar-refractivity contribution in [2.24, 2.45) is 0 Å². The van der Waals surface area contributed by atoms with Crippen LogP contribution in [0.15, 0.2) is 36.4 Å². The van der Waals surface area contributed by atoms with Gasteiger partial charge in [0.2, 0.25) is 5.91 Å². The molecule has 0 spiro atoms. The van der Waals surface area contributed by atoms with Crippen LogP contribution in [0.3, 0.4) is 0 Å². The number of halogens is 3. The Kier molecular flexibility index (Phi) is 8.44. The fourth-order valence-corrected chi connectivity index (χ4v) is 3.01. The van der Waals surface area contributed by atoms with Gasteiger partial charge in [0.05, 0.1) is 13.2 Å². The van der Waals surface area contributed by atoms with Crippen LogP contribution in [0, 0.1) is 0 Å². The molecule has 0 aromatic heterocycles. The number of aromatic hydroxyl groups is 1. The van der Waals surface area contributed by atoms with Crippen LogP contribution in [-0.4, -0.2) is 33.6 Å². The van der Waals surface area contributed by atoms with Crippen LogP contribution < -0.4 is 4.74 Å². The molecule has 0 aliphatic rings. The molecule has 1 N–H and O–H groups in total. The minimum Gasteiger partial charge on any atom is -0.508 e. The van der Waals surface area contributed by atoms with Gasteiger partial charge in [-0.2, -0.15) is 0 Å². The molecule has 1 atom stereocenters. The number of hydrogen-bond donors (Lipinski definition) is 1. The summed E-state index contributed by atoms with van der Waals surface area (Å²) in [5, 5.41) is 10.4. The molecule has 0 fully saturated rings. The van der Waals surface area contributed by atoms with Gasteiger partial charge < -0.3 is 14.6 Å². The molecule has 29 heavy (non-hydrogen) atoms. The van der Waals surface area contributed by atoms with E-state index in [1.54, 1.807) is 43.3 Å². The van der Waals surface area contributed by atoms with Gasteiger partial charge in [0, 0.05) is 29.3 Å². The molecule has 6 nitrogen and oxygen atoms in total. The van der Waals surface area contributed by atoms with Crippen molar-refractivity contribution < 1.29 is 24.2 Å². The molecule has 2 rings (SSSR count). The van der Waals surface area contributed by atoms with E-state index in [2.05, 4.69) is 0 Å². The third-order valence-electron chi connectivity index (χ3n) is 3.93. The van der Waals surface area contributed by atoms with Crippen LogP contribution in [0.25, 0.3) is 0 Å². The van der Waals surface area contributed by atoms with E-state index in [1.165, 1.54) is 6.92 Å². The van der Waals surface area contributed by atoms with Gasteiger partial charge in [0.15, 0.2) is 0 Å². The van der Waals surface area contributed by atoms with E-state index in [9.17, 15) is 14.7 Å². The van der Waals surface area contributed by atoms with E-state index in [-0.39, 0.29) is 24.8 Å². The van der Waals surface area contributed by atoms with E-state index in [0.717, 1.165) is 15.5 Å². The first-order chi connectivity index (χ1) is 13.7. The van der Waals surface area contributed by atoms with Gasteiger partial charge in [-0.05, 0) is 48.7 Å². The summed E-state index contributed by atoms with van der Waals surface area (Å²) in [5.74, 6) is -0.625. The number of rotatable bonds is 8. The zero-order valence-electron chi connectivity index (χ0n) is 15.8. The van der Waals surface area contributed by atoms with Gasteiger partial charge >= 0.3 is 5.97 Å². The lowest BCUT2D eigenvalue weighted by Gasteiger charge is -2.15. The van der Waals surface area contributed by atoms with E-state index >= 15 is 0 Å². The van der Waals surface area contributed by atoms with E-state index in [1.807, 2.05) is 0 Å². The number of esters is 1. The first kappa shape index (κ1) is 23.1. The van der Waals surface area contributed by atoms with E-state index in [0.29, 0.717) is 22.8 Å². The Morgan fingerprint density at radius 3 is 2.52 bits per heavy atom. The third-order valence-corrected chi connectivity index (χ3v) is 4.90. The number of nitrogens with zero attached hydrogens (tertiary/aromatic N) is 1. The standard InChI is InChI=1S/C20H20Cl3NO5/c1-3-28-20(27)19(22)29-16-6-5-14(17(21)10-16)8-13-4-7-18(26)15(9-13)11-24(23)12(2)25/h4-7,9-10,19,26H,3,8,11H2,1-2H3. The highest BCUT2D eigenvalue weighted by atomic mass is 35.5. The molecule has 0 aliphatic carbocycles. The second-order valence-corrected chi connectivity index (χ2v) is 7.33. The Bertz CT molecular complexity index is 890. The summed E-state index contributed by atoms with van der Waals surface area (Å²) in [6.07, 6.45) is 0.469. The number of phenolic OH excluding ortho intramolecular Hbond substituents is 1. The number of carbonyl (C=O) groups is 2. The fourth-order valence-electron chi connectivity index (χ4n) is 2.48. The molecule has 0 heterocycles. The van der Waals surface area contributed by atoms with Crippen molar-refractivity contribution in [1.29, 1.82) is 0 Å². The predicted octanol–water partition coefficient (Wildman–Crippen LogP) is 4.65. The monoisotopic (exact) mass is 459 g/mol. The summed E-state index contributed by atoms with van der Waals surface area (Å²) in [4.78, 5) is 22.9. The van der Waals surface area contributed by atoms with Crippen LogP contribution in [-0.2, 0) is 27.3 Å². The molecular formula is C20H20Cl3NO5. The van der Waals surface area contributed by atoms with Crippen molar-refractivity contribution >= 4 is 46.9 Å². The highest BCUT2D eigenvalue weighted by molar-refractivity contribution is 6.31. The highest BCUT2D eigenvalue weighted by Crippen LogP contribution is 2.28. The highest BCUT2D eigenvalue weighted by Gasteiger charge is 2.19. The Balaban J connectivity index is 2.12. The molecule has 0 saturated heterocycles. The van der Waals surface area contributed by atoms with Gasteiger partial charge in [0.25, 0.3) is 5.56 Å². The second-order valence-electron chi connectivity index (χ2n) is 6.12. The summed E-state index contributed by atoms with van der Waals surface area (Å²) in [7, 11) is 0. The van der Waals surface area contributed by atoms with Crippen LogP contribution in [0.2, 0.25) is 5.02 Å². The lowest BCUT2D eigenvalue weighted by atomic mass is 10.0. The fraction of sp³-hybridized carbons (Fsp3) is 0.300. The maximum absolute atomic E-state index is 11.6. The summed E-state index contributed by atoms with van der Waals surface area (Å²) in [6, 6.07) is 10.0. The number of amides is 1. The lowest BCUT2D eigenvalue weighted by Crippen LogP contribution is -2.23. The Labute approximate surface area is 184 Å². The minimum absolute atomic E-state index is 0.0441. The van der Waals surface area contributed by atoms with E-state index < -0.39 is 11.5 Å². The van der Waals surface area contributed by atoms with Crippen molar-refractivity contribution in [1.82, 2.24) is 4.42 Å². The van der Waals surface area contributed by atoms with Gasteiger partial charge in [-0.25, -0.2) is 4.79 Å². The van der Waals surface area contributed by atoms with Crippen LogP contribution >= 0.6 is 35.0 Å². The zero-order chi connectivity index (χ0) is 21.6. The SMILES string of the molecule is CCOC(=O)C(Cl)Oc1ccc(Cc2ccc(O)c(CN(Cl)C(C)=O)c2)c(Cl)c1. The van der Waals surface area contributed by atoms with Crippen molar-refractivity contribution in [3.63, 3.8) is 0 Å². The summed E-state index contributed by atoms with van der Waals surface area (Å²) >= 11 is 18.1. The minimum atomic E-state index is -1.27. The Hall–Kier alpha value is -2.15. The lowest BCUT2D eigenvalue weighted by molar-refractivity contribution is -0.147. The number of hydrogen-bond acceptors (Lipinski definition) is 5. The zero-order valence-corrected chi connectivity index (χ0v) is 18.1. The molecule has 2 aromatic carbocycles. The number of phenols is 1. The van der Waals surface area contributed by atoms with Crippen molar-refractivity contribution in [2.45, 2.75) is 32.4 Å². The Morgan fingerprint density at radius 1 is 1.17 bits per heavy atom. The molecule has 156 valence electrons. The molecular weight excluding hydrogens is 441 g/mol. The molecule has 2 aromatic rings. The molecule has 0 radical (unpaired) electrons. The largest absolute Gasteiger partial charge is 0.508 e. The van der Waals surface area contributed by atoms with E-state index in [4.69, 9.17) is 44.5 Å². The predicted molar refractivity (Wildman–Crippen MR) is 111 cm³/mol. The molecule has 0 bridgehead atoms. The van der Waals surface area contributed by atoms with Gasteiger partial charge in [-0.1, -0.05) is 35.3 Å². The third kappa shape index (κ3) is 6.70. The van der Waals surface area contributed by atoms with Crippen molar-refractivity contribution in [3.05, 3.63) is 58.1 Å². The molecule has 9 heteroatoms. The number of benzene rings is 2. The van der Waals surface area contributed by atoms with Gasteiger partial charge in [-0.15, -0.1) is 0 Å². The number of alkyl halides is 1. The Morgan fingerprint density at radius 2 is 1.90 bits per heavy atom. The van der Waals surface area contributed by atoms with Gasteiger partial charge in [0.1, 0.15) is 11.5 Å².